The SMILES string of the molecule is CCn1nc(C)cc1COc1c(F)cc(CBr)cc1F. The number of aromatic nitrogens is 2. The third-order valence-corrected chi connectivity index (χ3v) is 3.51. The fraction of sp³-hybridized carbons (Fsp3) is 0.357. The van der Waals surface area contributed by atoms with Crippen molar-refractivity contribution >= 4 is 15.9 Å². The van der Waals surface area contributed by atoms with Gasteiger partial charge in [-0.1, -0.05) is 15.9 Å². The quantitative estimate of drug-likeness (QED) is 0.767. The van der Waals surface area contributed by atoms with Crippen molar-refractivity contribution in [3.8, 4) is 5.75 Å². The summed E-state index contributed by atoms with van der Waals surface area (Å²) in [6.45, 7) is 4.57. The highest BCUT2D eigenvalue weighted by Gasteiger charge is 2.14. The normalized spacial score (nSPS) is 10.8. The summed E-state index contributed by atoms with van der Waals surface area (Å²) in [5.74, 6) is -1.74. The number of alkyl halides is 1. The minimum Gasteiger partial charge on any atom is -0.481 e. The maximum absolute atomic E-state index is 13.8. The first kappa shape index (κ1) is 15.0. The third-order valence-electron chi connectivity index (χ3n) is 2.86. The first-order valence-corrected chi connectivity index (χ1v) is 7.37. The Hall–Kier alpha value is -1.43. The molecule has 0 unspecified atom stereocenters. The molecular formula is C14H15BrF2N2O. The van der Waals surface area contributed by atoms with Gasteiger partial charge in [0.25, 0.3) is 0 Å². The number of ether oxygens (including phenoxy) is 1. The van der Waals surface area contributed by atoms with E-state index in [1.54, 1.807) is 4.68 Å². The summed E-state index contributed by atoms with van der Waals surface area (Å²) < 4.78 is 34.6. The highest BCUT2D eigenvalue weighted by atomic mass is 79.9. The van der Waals surface area contributed by atoms with Crippen molar-refractivity contribution in [2.45, 2.75) is 32.3 Å². The Kier molecular flexibility index (Phi) is 4.75. The number of benzene rings is 1. The molecule has 0 saturated heterocycles. The lowest BCUT2D eigenvalue weighted by molar-refractivity contribution is 0.263. The molecule has 0 amide bonds. The summed E-state index contributed by atoms with van der Waals surface area (Å²) in [4.78, 5) is 0. The molecule has 1 aromatic carbocycles. The zero-order valence-corrected chi connectivity index (χ0v) is 12.9. The lowest BCUT2D eigenvalue weighted by Gasteiger charge is -2.10. The number of hydrogen-bond acceptors (Lipinski definition) is 2. The van der Waals surface area contributed by atoms with E-state index in [0.29, 0.717) is 17.4 Å². The maximum Gasteiger partial charge on any atom is 0.191 e. The van der Waals surface area contributed by atoms with Gasteiger partial charge in [-0.25, -0.2) is 8.78 Å². The summed E-state index contributed by atoms with van der Waals surface area (Å²) >= 11 is 3.16. The van der Waals surface area contributed by atoms with Crippen LogP contribution in [0.4, 0.5) is 8.78 Å². The molecule has 1 aromatic heterocycles. The summed E-state index contributed by atoms with van der Waals surface area (Å²) in [5, 5.41) is 4.65. The molecule has 6 heteroatoms. The van der Waals surface area contributed by atoms with Crippen molar-refractivity contribution in [1.82, 2.24) is 9.78 Å². The number of halogens is 3. The molecule has 0 spiro atoms. The van der Waals surface area contributed by atoms with Crippen LogP contribution in [0.15, 0.2) is 18.2 Å². The smallest absolute Gasteiger partial charge is 0.191 e. The van der Waals surface area contributed by atoms with Gasteiger partial charge in [-0.15, -0.1) is 0 Å². The molecule has 0 N–H and O–H groups in total. The molecule has 2 rings (SSSR count). The summed E-state index contributed by atoms with van der Waals surface area (Å²) in [7, 11) is 0. The van der Waals surface area contributed by atoms with Crippen molar-refractivity contribution in [2.75, 3.05) is 0 Å². The molecule has 20 heavy (non-hydrogen) atoms. The van der Waals surface area contributed by atoms with Gasteiger partial charge in [0.05, 0.1) is 11.4 Å². The zero-order valence-electron chi connectivity index (χ0n) is 11.3. The van der Waals surface area contributed by atoms with Gasteiger partial charge in [0.2, 0.25) is 0 Å². The van der Waals surface area contributed by atoms with Crippen molar-refractivity contribution in [1.29, 1.82) is 0 Å². The van der Waals surface area contributed by atoms with E-state index in [0.717, 1.165) is 11.4 Å². The Bertz CT molecular complexity index is 590. The fourth-order valence-corrected chi connectivity index (χ4v) is 2.29. The molecule has 0 aliphatic rings. The monoisotopic (exact) mass is 344 g/mol. The van der Waals surface area contributed by atoms with E-state index >= 15 is 0 Å². The van der Waals surface area contributed by atoms with Crippen LogP contribution in [0.5, 0.6) is 5.75 Å². The highest BCUT2D eigenvalue weighted by molar-refractivity contribution is 9.08. The Morgan fingerprint density at radius 1 is 1.25 bits per heavy atom. The van der Waals surface area contributed by atoms with Crippen LogP contribution in [0.2, 0.25) is 0 Å². The van der Waals surface area contributed by atoms with Crippen LogP contribution in [0.25, 0.3) is 0 Å². The van der Waals surface area contributed by atoms with E-state index in [1.807, 2.05) is 19.9 Å². The topological polar surface area (TPSA) is 27.1 Å². The average Bonchev–Trinajstić information content (AvgIpc) is 2.77. The minimum atomic E-state index is -0.696. The number of rotatable bonds is 5. The van der Waals surface area contributed by atoms with Gasteiger partial charge < -0.3 is 4.74 Å². The molecule has 0 saturated carbocycles. The van der Waals surface area contributed by atoms with Gasteiger partial charge >= 0.3 is 0 Å². The molecule has 2 aromatic rings. The first-order valence-electron chi connectivity index (χ1n) is 6.25. The largest absolute Gasteiger partial charge is 0.481 e. The molecule has 0 atom stereocenters. The molecule has 0 aliphatic heterocycles. The fourth-order valence-electron chi connectivity index (χ4n) is 1.96. The van der Waals surface area contributed by atoms with E-state index in [4.69, 9.17) is 4.74 Å². The maximum atomic E-state index is 13.8. The minimum absolute atomic E-state index is 0.0795. The number of hydrogen-bond donors (Lipinski definition) is 0. The van der Waals surface area contributed by atoms with Gasteiger partial charge in [0.15, 0.2) is 17.4 Å². The van der Waals surface area contributed by atoms with Crippen molar-refractivity contribution < 1.29 is 13.5 Å². The Balaban J connectivity index is 2.18. The van der Waals surface area contributed by atoms with Crippen molar-refractivity contribution in [3.05, 3.63) is 46.8 Å². The molecule has 0 bridgehead atoms. The summed E-state index contributed by atoms with van der Waals surface area (Å²) in [6, 6.07) is 4.36. The van der Waals surface area contributed by atoms with E-state index in [9.17, 15) is 8.78 Å². The van der Waals surface area contributed by atoms with Crippen LogP contribution < -0.4 is 4.74 Å². The molecule has 108 valence electrons. The van der Waals surface area contributed by atoms with E-state index in [2.05, 4.69) is 21.0 Å². The molecular weight excluding hydrogens is 330 g/mol. The molecule has 0 aliphatic carbocycles. The van der Waals surface area contributed by atoms with E-state index in [1.165, 1.54) is 12.1 Å². The lowest BCUT2D eigenvalue weighted by Crippen LogP contribution is -2.07. The van der Waals surface area contributed by atoms with E-state index < -0.39 is 11.6 Å². The highest BCUT2D eigenvalue weighted by Crippen LogP contribution is 2.25. The van der Waals surface area contributed by atoms with E-state index in [-0.39, 0.29) is 12.4 Å². The van der Waals surface area contributed by atoms with Gasteiger partial charge in [0.1, 0.15) is 6.61 Å². The third kappa shape index (κ3) is 3.17. The van der Waals surface area contributed by atoms with Crippen LogP contribution in [0.3, 0.4) is 0 Å². The summed E-state index contributed by atoms with van der Waals surface area (Å²) in [5.41, 5.74) is 2.16. The summed E-state index contributed by atoms with van der Waals surface area (Å²) in [6.07, 6.45) is 0. The molecule has 0 fully saturated rings. The Morgan fingerprint density at radius 3 is 2.45 bits per heavy atom. The average molecular weight is 345 g/mol. The van der Waals surface area contributed by atoms with Gasteiger partial charge in [-0.05, 0) is 37.6 Å². The van der Waals surface area contributed by atoms with Crippen molar-refractivity contribution in [3.63, 3.8) is 0 Å². The number of aryl methyl sites for hydroxylation is 2. The molecule has 0 radical (unpaired) electrons. The molecule has 1 heterocycles. The zero-order chi connectivity index (χ0) is 14.7. The van der Waals surface area contributed by atoms with Crippen LogP contribution >= 0.6 is 15.9 Å². The number of nitrogens with zero attached hydrogens (tertiary/aromatic N) is 2. The second kappa shape index (κ2) is 6.35. The van der Waals surface area contributed by atoms with Crippen LogP contribution in [0.1, 0.15) is 23.9 Å². The predicted octanol–water partition coefficient (Wildman–Crippen LogP) is 3.96. The van der Waals surface area contributed by atoms with Crippen LogP contribution in [-0.2, 0) is 18.5 Å². The Labute approximate surface area is 124 Å². The standard InChI is InChI=1S/C14H15BrF2N2O/c1-3-19-11(4-9(2)18-19)8-20-14-12(16)5-10(7-15)6-13(14)17/h4-6H,3,7-8H2,1-2H3. The predicted molar refractivity (Wildman–Crippen MR) is 76.0 cm³/mol. The second-order valence-electron chi connectivity index (χ2n) is 4.40. The van der Waals surface area contributed by atoms with Gasteiger partial charge in [0, 0.05) is 11.9 Å². The Morgan fingerprint density at radius 2 is 1.90 bits per heavy atom. The van der Waals surface area contributed by atoms with Gasteiger partial charge in [-0.3, -0.25) is 4.68 Å². The second-order valence-corrected chi connectivity index (χ2v) is 4.96. The van der Waals surface area contributed by atoms with Crippen LogP contribution in [0, 0.1) is 18.6 Å². The molecule has 3 nitrogen and oxygen atoms in total. The van der Waals surface area contributed by atoms with Crippen molar-refractivity contribution in [2.24, 2.45) is 0 Å². The lowest BCUT2D eigenvalue weighted by atomic mass is 10.2. The van der Waals surface area contributed by atoms with Crippen LogP contribution in [-0.4, -0.2) is 9.78 Å². The van der Waals surface area contributed by atoms with Gasteiger partial charge in [-0.2, -0.15) is 5.10 Å². The first-order chi connectivity index (χ1) is 9.55.